The van der Waals surface area contributed by atoms with E-state index in [1.165, 1.54) is 0 Å². The van der Waals surface area contributed by atoms with Crippen molar-refractivity contribution in [1.29, 1.82) is 0 Å². The highest BCUT2D eigenvalue weighted by atomic mass is 16.6. The van der Waals surface area contributed by atoms with Gasteiger partial charge in [0.15, 0.2) is 0 Å². The Bertz CT molecular complexity index is 374. The Balaban J connectivity index is 4.29. The van der Waals surface area contributed by atoms with Crippen LogP contribution in [0, 0.1) is 5.92 Å². The Labute approximate surface area is 125 Å². The van der Waals surface area contributed by atoms with E-state index in [-0.39, 0.29) is 18.8 Å². The van der Waals surface area contributed by atoms with Gasteiger partial charge in [0.05, 0.1) is 0 Å². The fraction of sp³-hybridized carbons (Fsp3) is 0.786. The van der Waals surface area contributed by atoms with Gasteiger partial charge in [0.1, 0.15) is 11.6 Å². The highest BCUT2D eigenvalue weighted by molar-refractivity contribution is 5.83. The number of aliphatic carboxylic acids is 1. The van der Waals surface area contributed by atoms with Crippen molar-refractivity contribution in [2.45, 2.75) is 59.1 Å². The second-order valence-corrected chi connectivity index (χ2v) is 6.26. The highest BCUT2D eigenvalue weighted by Gasteiger charge is 2.23. The largest absolute Gasteiger partial charge is 0.480 e. The minimum Gasteiger partial charge on any atom is -0.480 e. The molecule has 0 rings (SSSR count). The summed E-state index contributed by atoms with van der Waals surface area (Å²) in [4.78, 5) is 34.2. The van der Waals surface area contributed by atoms with E-state index in [1.807, 2.05) is 13.8 Å². The van der Waals surface area contributed by atoms with E-state index >= 15 is 0 Å². The van der Waals surface area contributed by atoms with E-state index in [1.54, 1.807) is 20.8 Å². The summed E-state index contributed by atoms with van der Waals surface area (Å²) in [5.41, 5.74) is -0.613. The van der Waals surface area contributed by atoms with Gasteiger partial charge in [-0.05, 0) is 33.1 Å². The molecule has 0 saturated carbocycles. The van der Waals surface area contributed by atoms with Crippen LogP contribution in [-0.4, -0.2) is 41.3 Å². The lowest BCUT2D eigenvalue weighted by Gasteiger charge is -2.20. The maximum atomic E-state index is 11.5. The summed E-state index contributed by atoms with van der Waals surface area (Å²) in [5, 5.41) is 13.9. The summed E-state index contributed by atoms with van der Waals surface area (Å²) >= 11 is 0. The van der Waals surface area contributed by atoms with Gasteiger partial charge in [0.2, 0.25) is 0 Å². The van der Waals surface area contributed by atoms with E-state index < -0.39 is 29.6 Å². The summed E-state index contributed by atoms with van der Waals surface area (Å²) in [6.45, 7) is 9.50. The molecule has 0 aromatic carbocycles. The lowest BCUT2D eigenvalue weighted by Crippen LogP contribution is -2.47. The van der Waals surface area contributed by atoms with Crippen LogP contribution < -0.4 is 10.6 Å². The van der Waals surface area contributed by atoms with E-state index in [4.69, 9.17) is 9.84 Å². The zero-order valence-corrected chi connectivity index (χ0v) is 13.4. The van der Waals surface area contributed by atoms with Crippen LogP contribution in [0.1, 0.15) is 47.5 Å². The molecule has 0 fully saturated rings. The van der Waals surface area contributed by atoms with Gasteiger partial charge >= 0.3 is 18.0 Å². The van der Waals surface area contributed by atoms with Gasteiger partial charge < -0.3 is 20.5 Å². The Morgan fingerprint density at radius 2 is 1.76 bits per heavy atom. The number of carbonyl (C=O) groups excluding carboxylic acids is 2. The van der Waals surface area contributed by atoms with Crippen LogP contribution >= 0.6 is 0 Å². The number of amides is 2. The van der Waals surface area contributed by atoms with Crippen molar-refractivity contribution >= 4 is 18.0 Å². The van der Waals surface area contributed by atoms with Gasteiger partial charge in [-0.2, -0.15) is 0 Å². The minimum atomic E-state index is -1.18. The zero-order chi connectivity index (χ0) is 16.6. The van der Waals surface area contributed by atoms with Crippen LogP contribution in [0.2, 0.25) is 0 Å². The molecule has 1 atom stereocenters. The zero-order valence-electron chi connectivity index (χ0n) is 13.4. The van der Waals surface area contributed by atoms with E-state index in [9.17, 15) is 14.4 Å². The number of rotatable bonds is 7. The first-order chi connectivity index (χ1) is 9.51. The van der Waals surface area contributed by atoms with Crippen LogP contribution in [0.5, 0.6) is 0 Å². The maximum absolute atomic E-state index is 11.5. The maximum Gasteiger partial charge on any atom is 0.326 e. The monoisotopic (exact) mass is 302 g/mol. The Morgan fingerprint density at radius 3 is 2.19 bits per heavy atom. The van der Waals surface area contributed by atoms with Crippen molar-refractivity contribution in [2.24, 2.45) is 5.92 Å². The van der Waals surface area contributed by atoms with Gasteiger partial charge in [0.25, 0.3) is 0 Å². The third-order valence-electron chi connectivity index (χ3n) is 2.33. The molecule has 0 radical (unpaired) electrons. The van der Waals surface area contributed by atoms with Crippen molar-refractivity contribution in [3.8, 4) is 0 Å². The average Bonchev–Trinajstić information content (AvgIpc) is 2.29. The number of hydrogen-bond acceptors (Lipinski definition) is 4. The predicted octanol–water partition coefficient (Wildman–Crippen LogP) is 1.52. The summed E-state index contributed by atoms with van der Waals surface area (Å²) in [7, 11) is 0. The molecule has 2 amide bonds. The predicted molar refractivity (Wildman–Crippen MR) is 77.9 cm³/mol. The first-order valence-corrected chi connectivity index (χ1v) is 7.00. The lowest BCUT2D eigenvalue weighted by molar-refractivity contribution is -0.155. The van der Waals surface area contributed by atoms with Gasteiger partial charge in [-0.3, -0.25) is 4.79 Å². The van der Waals surface area contributed by atoms with Crippen molar-refractivity contribution < 1.29 is 24.2 Å². The molecule has 0 heterocycles. The molecule has 7 heteroatoms. The molecule has 0 bridgehead atoms. The van der Waals surface area contributed by atoms with Crippen LogP contribution in [0.3, 0.4) is 0 Å². The second kappa shape index (κ2) is 8.49. The van der Waals surface area contributed by atoms with Crippen molar-refractivity contribution in [3.63, 3.8) is 0 Å². The number of hydrogen-bond donors (Lipinski definition) is 3. The minimum absolute atomic E-state index is 0.0145. The normalized spacial score (nSPS) is 12.7. The van der Waals surface area contributed by atoms with Gasteiger partial charge in [-0.15, -0.1) is 0 Å². The molecule has 0 aliphatic carbocycles. The van der Waals surface area contributed by atoms with Crippen molar-refractivity contribution in [3.05, 3.63) is 0 Å². The quantitative estimate of drug-likeness (QED) is 0.618. The third kappa shape index (κ3) is 10.6. The Morgan fingerprint density at radius 1 is 1.19 bits per heavy atom. The molecule has 7 nitrogen and oxygen atoms in total. The molecule has 0 aromatic heterocycles. The van der Waals surface area contributed by atoms with Gasteiger partial charge in [-0.1, -0.05) is 13.8 Å². The molecular weight excluding hydrogens is 276 g/mol. The molecule has 21 heavy (non-hydrogen) atoms. The van der Waals surface area contributed by atoms with Gasteiger partial charge in [-0.25, -0.2) is 9.59 Å². The fourth-order valence-corrected chi connectivity index (χ4v) is 1.42. The molecular formula is C14H26N2O5. The Hall–Kier alpha value is -1.79. The molecule has 0 aromatic rings. The fourth-order valence-electron chi connectivity index (χ4n) is 1.42. The van der Waals surface area contributed by atoms with Crippen molar-refractivity contribution in [2.75, 3.05) is 6.54 Å². The molecule has 0 unspecified atom stereocenters. The van der Waals surface area contributed by atoms with Crippen LogP contribution in [0.15, 0.2) is 0 Å². The number of nitrogens with one attached hydrogen (secondary N) is 2. The molecule has 0 spiro atoms. The van der Waals surface area contributed by atoms with Gasteiger partial charge in [0, 0.05) is 13.0 Å². The first-order valence-electron chi connectivity index (χ1n) is 7.00. The van der Waals surface area contributed by atoms with Crippen LogP contribution in [0.4, 0.5) is 4.79 Å². The van der Waals surface area contributed by atoms with Crippen molar-refractivity contribution in [1.82, 2.24) is 10.6 Å². The number of ether oxygens (including phenoxy) is 1. The smallest absolute Gasteiger partial charge is 0.326 e. The molecule has 122 valence electrons. The first kappa shape index (κ1) is 19.2. The standard InChI is InChI=1S/C14H26N2O5/c1-9(2)8-15-13(20)16-10(12(18)19)6-7-11(17)21-14(3,4)5/h9-10H,6-8H2,1-5H3,(H,18,19)(H2,15,16,20)/t10-/m1/s1. The molecule has 3 N–H and O–H groups in total. The SMILES string of the molecule is CC(C)CNC(=O)N[C@H](CCC(=O)OC(C)(C)C)C(=O)O. The Kier molecular flexibility index (Phi) is 7.76. The number of carboxylic acids is 1. The third-order valence-corrected chi connectivity index (χ3v) is 2.33. The van der Waals surface area contributed by atoms with E-state index in [0.717, 1.165) is 0 Å². The number of urea groups is 1. The summed E-state index contributed by atoms with van der Waals surface area (Å²) < 4.78 is 5.09. The molecule has 0 aliphatic heterocycles. The topological polar surface area (TPSA) is 105 Å². The summed E-state index contributed by atoms with van der Waals surface area (Å²) in [6.07, 6.45) is -0.0853. The van der Waals surface area contributed by atoms with E-state index in [0.29, 0.717) is 6.54 Å². The summed E-state index contributed by atoms with van der Waals surface area (Å²) in [5.74, 6) is -1.41. The number of carboxylic acid groups (broad SMARTS) is 1. The molecule has 0 aliphatic rings. The number of esters is 1. The average molecular weight is 302 g/mol. The van der Waals surface area contributed by atoms with E-state index in [2.05, 4.69) is 10.6 Å². The summed E-state index contributed by atoms with van der Waals surface area (Å²) in [6, 6.07) is -1.68. The van der Waals surface area contributed by atoms with Crippen LogP contribution in [0.25, 0.3) is 0 Å². The number of carbonyl (C=O) groups is 3. The molecule has 0 saturated heterocycles. The second-order valence-electron chi connectivity index (χ2n) is 6.26. The highest BCUT2D eigenvalue weighted by Crippen LogP contribution is 2.10. The van der Waals surface area contributed by atoms with Crippen LogP contribution in [-0.2, 0) is 14.3 Å². The lowest BCUT2D eigenvalue weighted by atomic mass is 10.1.